The summed E-state index contributed by atoms with van der Waals surface area (Å²) in [5.41, 5.74) is 1.31. The van der Waals surface area contributed by atoms with Gasteiger partial charge in [-0.15, -0.1) is 0 Å². The fourth-order valence-electron chi connectivity index (χ4n) is 3.52. The standard InChI is InChI=1S/C22H26F2N6O3/c1-22(2,3)33-21(31)29-8-7-14(11-29)27-18-6-4-5-15(28-18)16-9-25-19-10-26-20(12-30(16)19)32-13-17(23)24/h4-6,9-10,12,14,17H,7-8,11,13H2,1-3H3,(H,27,28). The van der Waals surface area contributed by atoms with Gasteiger partial charge in [0.25, 0.3) is 6.43 Å². The van der Waals surface area contributed by atoms with E-state index in [0.717, 1.165) is 6.42 Å². The van der Waals surface area contributed by atoms with Crippen LogP contribution in [0.4, 0.5) is 19.4 Å². The van der Waals surface area contributed by atoms with Crippen LogP contribution in [0, 0.1) is 0 Å². The number of carbonyl (C=O) groups excluding carboxylic acids is 1. The third kappa shape index (κ3) is 5.65. The Kier molecular flexibility index (Phi) is 6.30. The van der Waals surface area contributed by atoms with Gasteiger partial charge in [-0.2, -0.15) is 0 Å². The Hall–Kier alpha value is -3.50. The number of alkyl halides is 2. The molecule has 9 nitrogen and oxygen atoms in total. The van der Waals surface area contributed by atoms with Crippen molar-refractivity contribution in [2.75, 3.05) is 25.0 Å². The van der Waals surface area contributed by atoms with Crippen LogP contribution in [-0.4, -0.2) is 68.1 Å². The van der Waals surface area contributed by atoms with Gasteiger partial charge in [-0.25, -0.2) is 28.5 Å². The van der Waals surface area contributed by atoms with Crippen molar-refractivity contribution in [1.82, 2.24) is 24.3 Å². The van der Waals surface area contributed by atoms with E-state index in [0.29, 0.717) is 35.9 Å². The predicted molar refractivity (Wildman–Crippen MR) is 118 cm³/mol. The number of halogens is 2. The summed E-state index contributed by atoms with van der Waals surface area (Å²) in [6.45, 7) is 5.92. The van der Waals surface area contributed by atoms with Crippen molar-refractivity contribution in [2.24, 2.45) is 0 Å². The van der Waals surface area contributed by atoms with E-state index in [1.165, 1.54) is 12.4 Å². The normalized spacial score (nSPS) is 16.4. The van der Waals surface area contributed by atoms with Gasteiger partial charge in [0.1, 0.15) is 11.4 Å². The van der Waals surface area contributed by atoms with Crippen LogP contribution in [0.15, 0.2) is 36.8 Å². The highest BCUT2D eigenvalue weighted by Crippen LogP contribution is 2.23. The zero-order valence-corrected chi connectivity index (χ0v) is 18.7. The highest BCUT2D eigenvalue weighted by atomic mass is 19.3. The van der Waals surface area contributed by atoms with Crippen LogP contribution in [0.1, 0.15) is 27.2 Å². The summed E-state index contributed by atoms with van der Waals surface area (Å²) in [7, 11) is 0. The fourth-order valence-corrected chi connectivity index (χ4v) is 3.52. The minimum Gasteiger partial charge on any atom is -0.471 e. The van der Waals surface area contributed by atoms with Crippen LogP contribution >= 0.6 is 0 Å². The second kappa shape index (κ2) is 9.16. The minimum atomic E-state index is -2.59. The van der Waals surface area contributed by atoms with E-state index in [2.05, 4.69) is 20.3 Å². The summed E-state index contributed by atoms with van der Waals surface area (Å²) in [4.78, 5) is 27.0. The minimum absolute atomic E-state index is 0.0426. The number of nitrogens with zero attached hydrogens (tertiary/aromatic N) is 5. The van der Waals surface area contributed by atoms with Crippen LogP contribution in [0.5, 0.6) is 5.88 Å². The summed E-state index contributed by atoms with van der Waals surface area (Å²) in [5, 5.41) is 3.37. The number of aromatic nitrogens is 4. The predicted octanol–water partition coefficient (Wildman–Crippen LogP) is 3.86. The second-order valence-corrected chi connectivity index (χ2v) is 8.76. The molecule has 1 N–H and O–H groups in total. The number of rotatable bonds is 6. The van der Waals surface area contributed by atoms with E-state index >= 15 is 0 Å². The molecule has 1 unspecified atom stereocenters. The van der Waals surface area contributed by atoms with E-state index in [-0.39, 0.29) is 18.0 Å². The van der Waals surface area contributed by atoms with Crippen molar-refractivity contribution < 1.29 is 23.0 Å². The van der Waals surface area contributed by atoms with E-state index < -0.39 is 18.6 Å². The number of likely N-dealkylation sites (tertiary alicyclic amines) is 1. The lowest BCUT2D eigenvalue weighted by Crippen LogP contribution is -2.36. The molecule has 176 valence electrons. The molecule has 11 heteroatoms. The van der Waals surface area contributed by atoms with Gasteiger partial charge in [0, 0.05) is 19.1 Å². The first-order chi connectivity index (χ1) is 15.7. The molecule has 33 heavy (non-hydrogen) atoms. The van der Waals surface area contributed by atoms with Gasteiger partial charge in [-0.1, -0.05) is 6.07 Å². The van der Waals surface area contributed by atoms with E-state index in [4.69, 9.17) is 9.47 Å². The maximum Gasteiger partial charge on any atom is 0.410 e. The number of anilines is 1. The Labute approximate surface area is 189 Å². The Morgan fingerprint density at radius 2 is 2.09 bits per heavy atom. The summed E-state index contributed by atoms with van der Waals surface area (Å²) in [6, 6.07) is 5.58. The highest BCUT2D eigenvalue weighted by Gasteiger charge is 2.30. The Morgan fingerprint density at radius 1 is 1.27 bits per heavy atom. The molecule has 1 aliphatic rings. The van der Waals surface area contributed by atoms with Crippen molar-refractivity contribution in [3.63, 3.8) is 0 Å². The number of carbonyl (C=O) groups is 1. The number of ether oxygens (including phenoxy) is 2. The van der Waals surface area contributed by atoms with Crippen LogP contribution in [0.2, 0.25) is 0 Å². The number of hydrogen-bond donors (Lipinski definition) is 1. The SMILES string of the molecule is CC(C)(C)OC(=O)N1CCC(Nc2cccc(-c3cnc4cnc(OCC(F)F)cn34)n2)C1. The van der Waals surface area contributed by atoms with Crippen molar-refractivity contribution >= 4 is 17.6 Å². The molecule has 4 heterocycles. The van der Waals surface area contributed by atoms with Crippen molar-refractivity contribution in [2.45, 2.75) is 45.3 Å². The zero-order chi connectivity index (χ0) is 23.6. The van der Waals surface area contributed by atoms with E-state index in [1.54, 1.807) is 15.5 Å². The van der Waals surface area contributed by atoms with E-state index in [1.807, 2.05) is 39.0 Å². The summed E-state index contributed by atoms with van der Waals surface area (Å²) < 4.78 is 37.1. The molecule has 0 saturated carbocycles. The molecule has 1 saturated heterocycles. The van der Waals surface area contributed by atoms with Gasteiger partial charge in [-0.05, 0) is 39.3 Å². The lowest BCUT2D eigenvalue weighted by Gasteiger charge is -2.24. The van der Waals surface area contributed by atoms with Gasteiger partial charge < -0.3 is 19.7 Å². The van der Waals surface area contributed by atoms with Crippen molar-refractivity contribution in [1.29, 1.82) is 0 Å². The summed E-state index contributed by atoms with van der Waals surface area (Å²) in [5.74, 6) is 0.728. The molecule has 3 aromatic heterocycles. The first-order valence-electron chi connectivity index (χ1n) is 10.6. The highest BCUT2D eigenvalue weighted by molar-refractivity contribution is 5.69. The number of hydrogen-bond acceptors (Lipinski definition) is 7. The van der Waals surface area contributed by atoms with Gasteiger partial charge in [-0.3, -0.25) is 4.40 Å². The molecule has 1 amide bonds. The molecule has 0 aliphatic carbocycles. The number of amides is 1. The van der Waals surface area contributed by atoms with Crippen molar-refractivity contribution in [3.8, 4) is 17.3 Å². The van der Waals surface area contributed by atoms with Gasteiger partial charge in [0.2, 0.25) is 5.88 Å². The Morgan fingerprint density at radius 3 is 2.85 bits per heavy atom. The molecule has 0 spiro atoms. The largest absolute Gasteiger partial charge is 0.471 e. The number of nitrogens with one attached hydrogen (secondary N) is 1. The molecule has 0 bridgehead atoms. The number of fused-ring (bicyclic) bond motifs is 1. The van der Waals surface area contributed by atoms with Crippen LogP contribution in [0.25, 0.3) is 17.0 Å². The summed E-state index contributed by atoms with van der Waals surface area (Å²) in [6.07, 6.45) is 2.47. The Balaban J connectivity index is 1.47. The van der Waals surface area contributed by atoms with Gasteiger partial charge in [0.05, 0.1) is 30.0 Å². The maximum atomic E-state index is 12.5. The Bertz CT molecular complexity index is 1130. The zero-order valence-electron chi connectivity index (χ0n) is 18.7. The smallest absolute Gasteiger partial charge is 0.410 e. The number of pyridine rings is 1. The monoisotopic (exact) mass is 460 g/mol. The molecule has 1 fully saturated rings. The molecule has 1 aliphatic heterocycles. The summed E-state index contributed by atoms with van der Waals surface area (Å²) >= 11 is 0. The van der Waals surface area contributed by atoms with Crippen molar-refractivity contribution in [3.05, 3.63) is 36.8 Å². The van der Waals surface area contributed by atoms with Crippen LogP contribution in [0.3, 0.4) is 0 Å². The molecule has 0 aromatic carbocycles. The molecule has 3 aromatic rings. The molecular weight excluding hydrogens is 434 g/mol. The van der Waals surface area contributed by atoms with Crippen LogP contribution < -0.4 is 10.1 Å². The first-order valence-corrected chi connectivity index (χ1v) is 10.6. The molecule has 1 atom stereocenters. The molecular formula is C22H26F2N6O3. The lowest BCUT2D eigenvalue weighted by molar-refractivity contribution is 0.0293. The quantitative estimate of drug-likeness (QED) is 0.597. The third-order valence-electron chi connectivity index (χ3n) is 4.93. The molecule has 4 rings (SSSR count). The average molecular weight is 460 g/mol. The first kappa shape index (κ1) is 22.7. The third-order valence-corrected chi connectivity index (χ3v) is 4.93. The lowest BCUT2D eigenvalue weighted by atomic mass is 10.2. The van der Waals surface area contributed by atoms with Gasteiger partial charge in [0.15, 0.2) is 12.3 Å². The fraction of sp³-hybridized carbons (Fsp3) is 0.455. The molecule has 0 radical (unpaired) electrons. The van der Waals surface area contributed by atoms with E-state index in [9.17, 15) is 13.6 Å². The topological polar surface area (TPSA) is 93.9 Å². The van der Waals surface area contributed by atoms with Gasteiger partial charge >= 0.3 is 6.09 Å². The average Bonchev–Trinajstić information content (AvgIpc) is 3.38. The number of imidazole rings is 1. The second-order valence-electron chi connectivity index (χ2n) is 8.76. The maximum absolute atomic E-state index is 12.5. The van der Waals surface area contributed by atoms with Crippen LogP contribution in [-0.2, 0) is 4.74 Å².